The lowest BCUT2D eigenvalue weighted by Gasteiger charge is -2.39. The molecule has 2 aromatic rings. The number of anilines is 2. The van der Waals surface area contributed by atoms with Crippen LogP contribution in [0.5, 0.6) is 11.5 Å². The summed E-state index contributed by atoms with van der Waals surface area (Å²) in [6.45, 7) is 7.86. The number of hydrogen-bond acceptors (Lipinski definition) is 5. The third-order valence-corrected chi connectivity index (χ3v) is 5.46. The molecule has 0 aromatic heterocycles. The van der Waals surface area contributed by atoms with E-state index in [0.29, 0.717) is 23.1 Å². The molecule has 0 unspecified atom stereocenters. The lowest BCUT2D eigenvalue weighted by molar-refractivity contribution is -0.120. The average Bonchev–Trinajstić information content (AvgIpc) is 2.74. The predicted molar refractivity (Wildman–Crippen MR) is 117 cm³/mol. The highest BCUT2D eigenvalue weighted by atomic mass is 35.5. The molecule has 1 amide bonds. The summed E-state index contributed by atoms with van der Waals surface area (Å²) in [4.78, 5) is 17.2. The number of rotatable bonds is 7. The maximum Gasteiger partial charge on any atom is 0.241 e. The fraction of sp³-hybridized carbons (Fsp3) is 0.409. The summed E-state index contributed by atoms with van der Waals surface area (Å²) in [5, 5.41) is 3.42. The van der Waals surface area contributed by atoms with Crippen LogP contribution in [0.2, 0.25) is 5.02 Å². The Kier molecular flexibility index (Phi) is 7.23. The molecule has 0 aliphatic carbocycles. The van der Waals surface area contributed by atoms with Crippen LogP contribution in [0.15, 0.2) is 42.5 Å². The molecule has 0 bridgehead atoms. The van der Waals surface area contributed by atoms with Crippen molar-refractivity contribution in [3.63, 3.8) is 0 Å². The molecule has 2 aromatic carbocycles. The fourth-order valence-corrected chi connectivity index (χ4v) is 3.76. The van der Waals surface area contributed by atoms with Crippen molar-refractivity contribution in [1.82, 2.24) is 4.90 Å². The summed E-state index contributed by atoms with van der Waals surface area (Å²) in [6.07, 6.45) is 0. The SMILES string of the molecule is CCOc1ccccc1N1CCN([C@H](C)C(=O)Nc2ccc(OC)c(Cl)c2)CC1. The number of carbonyl (C=O) groups is 1. The number of carbonyl (C=O) groups excluding carboxylic acids is 1. The van der Waals surface area contributed by atoms with Crippen LogP contribution >= 0.6 is 11.6 Å². The van der Waals surface area contributed by atoms with E-state index >= 15 is 0 Å². The van der Waals surface area contributed by atoms with Gasteiger partial charge in [-0.1, -0.05) is 23.7 Å². The van der Waals surface area contributed by atoms with Crippen LogP contribution in [-0.4, -0.2) is 56.7 Å². The molecule has 1 aliphatic rings. The molecule has 3 rings (SSSR count). The first-order chi connectivity index (χ1) is 14.0. The van der Waals surface area contributed by atoms with E-state index in [9.17, 15) is 4.79 Å². The van der Waals surface area contributed by atoms with Crippen molar-refractivity contribution in [2.75, 3.05) is 50.1 Å². The molecule has 1 heterocycles. The van der Waals surface area contributed by atoms with Crippen LogP contribution in [0.3, 0.4) is 0 Å². The first-order valence-electron chi connectivity index (χ1n) is 9.88. The Bertz CT molecular complexity index is 838. The second-order valence-corrected chi connectivity index (χ2v) is 7.35. The van der Waals surface area contributed by atoms with Crippen LogP contribution < -0.4 is 19.7 Å². The fourth-order valence-electron chi connectivity index (χ4n) is 3.50. The second-order valence-electron chi connectivity index (χ2n) is 6.94. The zero-order valence-electron chi connectivity index (χ0n) is 17.2. The van der Waals surface area contributed by atoms with Crippen molar-refractivity contribution in [2.45, 2.75) is 19.9 Å². The highest BCUT2D eigenvalue weighted by Crippen LogP contribution is 2.29. The smallest absolute Gasteiger partial charge is 0.241 e. The lowest BCUT2D eigenvalue weighted by atomic mass is 10.2. The molecule has 156 valence electrons. The van der Waals surface area contributed by atoms with E-state index in [1.165, 1.54) is 0 Å². The Balaban J connectivity index is 1.57. The highest BCUT2D eigenvalue weighted by molar-refractivity contribution is 6.32. The van der Waals surface area contributed by atoms with Crippen molar-refractivity contribution in [1.29, 1.82) is 0 Å². The van der Waals surface area contributed by atoms with E-state index in [1.807, 2.05) is 32.0 Å². The first-order valence-corrected chi connectivity index (χ1v) is 10.3. The number of amides is 1. The Morgan fingerprint density at radius 3 is 2.52 bits per heavy atom. The molecule has 0 radical (unpaired) electrons. The molecular weight excluding hydrogens is 390 g/mol. The van der Waals surface area contributed by atoms with Gasteiger partial charge in [0.2, 0.25) is 5.91 Å². The molecule has 1 aliphatic heterocycles. The van der Waals surface area contributed by atoms with Gasteiger partial charge in [0, 0.05) is 31.9 Å². The molecule has 1 N–H and O–H groups in total. The Hall–Kier alpha value is -2.44. The van der Waals surface area contributed by atoms with Crippen molar-refractivity contribution >= 4 is 28.9 Å². The van der Waals surface area contributed by atoms with E-state index < -0.39 is 0 Å². The molecule has 0 saturated carbocycles. The zero-order chi connectivity index (χ0) is 20.8. The molecule has 1 saturated heterocycles. The third-order valence-electron chi connectivity index (χ3n) is 5.17. The van der Waals surface area contributed by atoms with Crippen molar-refractivity contribution in [2.24, 2.45) is 0 Å². The number of para-hydroxylation sites is 2. The summed E-state index contributed by atoms with van der Waals surface area (Å²) >= 11 is 6.15. The number of nitrogens with zero attached hydrogens (tertiary/aromatic N) is 2. The van der Waals surface area contributed by atoms with E-state index in [4.69, 9.17) is 21.1 Å². The monoisotopic (exact) mass is 417 g/mol. The third kappa shape index (κ3) is 5.14. The van der Waals surface area contributed by atoms with Gasteiger partial charge in [-0.3, -0.25) is 9.69 Å². The van der Waals surface area contributed by atoms with E-state index in [1.54, 1.807) is 25.3 Å². The van der Waals surface area contributed by atoms with Gasteiger partial charge in [0.15, 0.2) is 0 Å². The van der Waals surface area contributed by atoms with Crippen LogP contribution in [0, 0.1) is 0 Å². The van der Waals surface area contributed by atoms with Gasteiger partial charge in [0.05, 0.1) is 30.5 Å². The van der Waals surface area contributed by atoms with Gasteiger partial charge in [0.1, 0.15) is 11.5 Å². The molecule has 6 nitrogen and oxygen atoms in total. The average molecular weight is 418 g/mol. The number of ether oxygens (including phenoxy) is 2. The number of benzene rings is 2. The Labute approximate surface area is 177 Å². The molecule has 1 atom stereocenters. The summed E-state index contributed by atoms with van der Waals surface area (Å²) in [5.74, 6) is 1.45. The predicted octanol–water partition coefficient (Wildman–Crippen LogP) is 3.90. The van der Waals surface area contributed by atoms with Crippen LogP contribution in [0.4, 0.5) is 11.4 Å². The van der Waals surface area contributed by atoms with Gasteiger partial charge in [-0.25, -0.2) is 0 Å². The van der Waals surface area contributed by atoms with Gasteiger partial charge in [-0.15, -0.1) is 0 Å². The van der Waals surface area contributed by atoms with Crippen LogP contribution in [0.1, 0.15) is 13.8 Å². The second kappa shape index (κ2) is 9.85. The minimum Gasteiger partial charge on any atom is -0.495 e. The maximum atomic E-state index is 12.7. The van der Waals surface area contributed by atoms with Crippen molar-refractivity contribution in [3.05, 3.63) is 47.5 Å². The normalized spacial score (nSPS) is 15.7. The lowest BCUT2D eigenvalue weighted by Crippen LogP contribution is -2.52. The summed E-state index contributed by atoms with van der Waals surface area (Å²) in [7, 11) is 1.56. The molecular formula is C22H28ClN3O3. The van der Waals surface area contributed by atoms with Crippen molar-refractivity contribution in [3.8, 4) is 11.5 Å². The highest BCUT2D eigenvalue weighted by Gasteiger charge is 2.26. The van der Waals surface area contributed by atoms with Crippen LogP contribution in [0.25, 0.3) is 0 Å². The summed E-state index contributed by atoms with van der Waals surface area (Å²) < 4.78 is 10.9. The zero-order valence-corrected chi connectivity index (χ0v) is 17.9. The topological polar surface area (TPSA) is 54.0 Å². The minimum absolute atomic E-state index is 0.0469. The largest absolute Gasteiger partial charge is 0.495 e. The summed E-state index contributed by atoms with van der Waals surface area (Å²) in [5.41, 5.74) is 1.77. The van der Waals surface area contributed by atoms with Gasteiger partial charge in [0.25, 0.3) is 0 Å². The number of hydrogen-bond donors (Lipinski definition) is 1. The van der Waals surface area contributed by atoms with Crippen LogP contribution in [-0.2, 0) is 4.79 Å². The molecule has 7 heteroatoms. The maximum absolute atomic E-state index is 12.7. The van der Waals surface area contributed by atoms with Crippen molar-refractivity contribution < 1.29 is 14.3 Å². The van der Waals surface area contributed by atoms with E-state index in [2.05, 4.69) is 21.2 Å². The number of halogens is 1. The number of nitrogens with one attached hydrogen (secondary N) is 1. The Morgan fingerprint density at radius 1 is 1.14 bits per heavy atom. The quantitative estimate of drug-likeness (QED) is 0.740. The molecule has 0 spiro atoms. The molecule has 1 fully saturated rings. The first kappa shape index (κ1) is 21.3. The van der Waals surface area contributed by atoms with Gasteiger partial charge >= 0.3 is 0 Å². The number of piperazine rings is 1. The van der Waals surface area contributed by atoms with Gasteiger partial charge in [-0.05, 0) is 44.2 Å². The van der Waals surface area contributed by atoms with E-state index in [0.717, 1.165) is 37.6 Å². The molecule has 29 heavy (non-hydrogen) atoms. The number of methoxy groups -OCH3 is 1. The van der Waals surface area contributed by atoms with E-state index in [-0.39, 0.29) is 11.9 Å². The summed E-state index contributed by atoms with van der Waals surface area (Å²) in [6, 6.07) is 13.1. The Morgan fingerprint density at radius 2 is 1.86 bits per heavy atom. The van der Waals surface area contributed by atoms with Gasteiger partial charge < -0.3 is 19.7 Å². The standard InChI is InChI=1S/C22H28ClN3O3/c1-4-29-21-8-6-5-7-19(21)26-13-11-25(12-14-26)16(2)22(27)24-17-9-10-20(28-3)18(23)15-17/h5-10,15-16H,4,11-14H2,1-3H3,(H,24,27)/t16-/m1/s1. The van der Waals surface area contributed by atoms with Gasteiger partial charge in [-0.2, -0.15) is 0 Å². The minimum atomic E-state index is -0.236.